The van der Waals surface area contributed by atoms with Gasteiger partial charge < -0.3 is 15.0 Å². The fourth-order valence-corrected chi connectivity index (χ4v) is 2.05. The van der Waals surface area contributed by atoms with E-state index in [0.29, 0.717) is 6.10 Å². The van der Waals surface area contributed by atoms with E-state index >= 15 is 0 Å². The number of ether oxygens (including phenoxy) is 1. The van der Waals surface area contributed by atoms with E-state index in [9.17, 15) is 0 Å². The molecule has 1 fully saturated rings. The van der Waals surface area contributed by atoms with Crippen molar-refractivity contribution in [3.8, 4) is 0 Å². The molecule has 15 heavy (non-hydrogen) atoms. The molecule has 0 saturated heterocycles. The lowest BCUT2D eigenvalue weighted by molar-refractivity contribution is 0.0603. The molecular weight excluding hydrogens is 188 g/mol. The predicted octanol–water partition coefficient (Wildman–Crippen LogP) is 2.06. The predicted molar refractivity (Wildman–Crippen MR) is 60.7 cm³/mol. The highest BCUT2D eigenvalue weighted by Crippen LogP contribution is 2.20. The van der Waals surface area contributed by atoms with Gasteiger partial charge in [0, 0.05) is 25.5 Å². The standard InChI is InChI=1S/C12H20N2O/c1-2-4-12(3-1)15-8-7-14-10-11-5-6-13-9-11/h5-6,9,12-14H,1-4,7-8,10H2. The minimum Gasteiger partial charge on any atom is -0.377 e. The molecule has 1 aromatic rings. The molecule has 84 valence electrons. The van der Waals surface area contributed by atoms with Gasteiger partial charge in [-0.25, -0.2) is 0 Å². The molecule has 0 unspecified atom stereocenters. The van der Waals surface area contributed by atoms with Crippen LogP contribution >= 0.6 is 0 Å². The average Bonchev–Trinajstić information content (AvgIpc) is 2.88. The Morgan fingerprint density at radius 2 is 2.27 bits per heavy atom. The monoisotopic (exact) mass is 208 g/mol. The van der Waals surface area contributed by atoms with Crippen LogP contribution in [0.1, 0.15) is 31.2 Å². The first-order valence-corrected chi connectivity index (χ1v) is 5.89. The first-order chi connectivity index (χ1) is 7.45. The van der Waals surface area contributed by atoms with E-state index in [4.69, 9.17) is 4.74 Å². The molecule has 0 bridgehead atoms. The van der Waals surface area contributed by atoms with Gasteiger partial charge >= 0.3 is 0 Å². The van der Waals surface area contributed by atoms with Crippen molar-refractivity contribution in [3.05, 3.63) is 24.0 Å². The lowest BCUT2D eigenvalue weighted by Crippen LogP contribution is -2.21. The summed E-state index contributed by atoms with van der Waals surface area (Å²) in [5.74, 6) is 0. The van der Waals surface area contributed by atoms with Crippen LogP contribution in [0.3, 0.4) is 0 Å². The molecule has 1 saturated carbocycles. The third kappa shape index (κ3) is 3.68. The number of rotatable bonds is 6. The van der Waals surface area contributed by atoms with E-state index in [0.717, 1.165) is 19.7 Å². The van der Waals surface area contributed by atoms with Gasteiger partial charge in [0.2, 0.25) is 0 Å². The van der Waals surface area contributed by atoms with Gasteiger partial charge in [-0.1, -0.05) is 12.8 Å². The summed E-state index contributed by atoms with van der Waals surface area (Å²) in [6.07, 6.45) is 9.73. The normalized spacial score (nSPS) is 17.3. The summed E-state index contributed by atoms with van der Waals surface area (Å²) < 4.78 is 5.75. The van der Waals surface area contributed by atoms with E-state index in [-0.39, 0.29) is 0 Å². The summed E-state index contributed by atoms with van der Waals surface area (Å²) >= 11 is 0. The summed E-state index contributed by atoms with van der Waals surface area (Å²) in [6.45, 7) is 2.72. The lowest BCUT2D eigenvalue weighted by atomic mass is 10.3. The van der Waals surface area contributed by atoms with Crippen molar-refractivity contribution in [2.24, 2.45) is 0 Å². The summed E-state index contributed by atoms with van der Waals surface area (Å²) in [5, 5.41) is 3.37. The van der Waals surface area contributed by atoms with Crippen LogP contribution in [0, 0.1) is 0 Å². The molecule has 1 aromatic heterocycles. The third-order valence-electron chi connectivity index (χ3n) is 2.93. The topological polar surface area (TPSA) is 37.0 Å². The molecule has 0 aliphatic heterocycles. The molecule has 0 amide bonds. The largest absolute Gasteiger partial charge is 0.377 e. The second-order valence-corrected chi connectivity index (χ2v) is 4.17. The highest BCUT2D eigenvalue weighted by Gasteiger charge is 2.14. The van der Waals surface area contributed by atoms with Gasteiger partial charge in [-0.15, -0.1) is 0 Å². The van der Waals surface area contributed by atoms with E-state index in [1.165, 1.54) is 31.2 Å². The average molecular weight is 208 g/mol. The number of nitrogens with one attached hydrogen (secondary N) is 2. The Bertz CT molecular complexity index is 253. The van der Waals surface area contributed by atoms with E-state index in [2.05, 4.69) is 16.4 Å². The second-order valence-electron chi connectivity index (χ2n) is 4.17. The van der Waals surface area contributed by atoms with Gasteiger partial charge in [0.15, 0.2) is 0 Å². The zero-order valence-corrected chi connectivity index (χ0v) is 9.17. The molecule has 1 aliphatic rings. The van der Waals surface area contributed by atoms with Crippen molar-refractivity contribution in [1.29, 1.82) is 0 Å². The second kappa shape index (κ2) is 5.93. The Morgan fingerprint density at radius 3 is 3.00 bits per heavy atom. The van der Waals surface area contributed by atoms with Crippen LogP contribution in [0.4, 0.5) is 0 Å². The maximum absolute atomic E-state index is 5.75. The Morgan fingerprint density at radius 1 is 1.40 bits per heavy atom. The van der Waals surface area contributed by atoms with Crippen molar-refractivity contribution < 1.29 is 4.74 Å². The minimum absolute atomic E-state index is 0.541. The van der Waals surface area contributed by atoms with Gasteiger partial charge in [-0.05, 0) is 24.5 Å². The van der Waals surface area contributed by atoms with Crippen molar-refractivity contribution in [2.45, 2.75) is 38.3 Å². The zero-order chi connectivity index (χ0) is 10.3. The maximum Gasteiger partial charge on any atom is 0.0594 e. The first kappa shape index (κ1) is 10.7. The minimum atomic E-state index is 0.541. The van der Waals surface area contributed by atoms with Crippen LogP contribution in [0.15, 0.2) is 18.5 Å². The highest BCUT2D eigenvalue weighted by atomic mass is 16.5. The molecule has 3 nitrogen and oxygen atoms in total. The molecule has 0 aromatic carbocycles. The summed E-state index contributed by atoms with van der Waals surface area (Å²) in [7, 11) is 0. The molecule has 1 heterocycles. The van der Waals surface area contributed by atoms with Gasteiger partial charge in [-0.3, -0.25) is 0 Å². The third-order valence-corrected chi connectivity index (χ3v) is 2.93. The molecule has 3 heteroatoms. The quantitative estimate of drug-likeness (QED) is 0.702. The first-order valence-electron chi connectivity index (χ1n) is 5.89. The van der Waals surface area contributed by atoms with Gasteiger partial charge in [-0.2, -0.15) is 0 Å². The number of H-pyrrole nitrogens is 1. The molecular formula is C12H20N2O. The van der Waals surface area contributed by atoms with Crippen molar-refractivity contribution in [2.75, 3.05) is 13.2 Å². The number of hydrogen-bond acceptors (Lipinski definition) is 2. The van der Waals surface area contributed by atoms with Crippen LogP contribution in [0.5, 0.6) is 0 Å². The van der Waals surface area contributed by atoms with Crippen molar-refractivity contribution >= 4 is 0 Å². The molecule has 1 aliphatic carbocycles. The number of aromatic nitrogens is 1. The fourth-order valence-electron chi connectivity index (χ4n) is 2.05. The van der Waals surface area contributed by atoms with Gasteiger partial charge in [0.1, 0.15) is 0 Å². The zero-order valence-electron chi connectivity index (χ0n) is 9.17. The number of aromatic amines is 1. The van der Waals surface area contributed by atoms with Crippen LogP contribution < -0.4 is 5.32 Å². The van der Waals surface area contributed by atoms with E-state index < -0.39 is 0 Å². The lowest BCUT2D eigenvalue weighted by Gasteiger charge is -2.11. The molecule has 0 radical (unpaired) electrons. The summed E-state index contributed by atoms with van der Waals surface area (Å²) in [4.78, 5) is 3.04. The fraction of sp³-hybridized carbons (Fsp3) is 0.667. The Labute approximate surface area is 91.2 Å². The molecule has 2 N–H and O–H groups in total. The number of hydrogen-bond donors (Lipinski definition) is 2. The maximum atomic E-state index is 5.75. The Hall–Kier alpha value is -0.800. The molecule has 2 rings (SSSR count). The van der Waals surface area contributed by atoms with Crippen molar-refractivity contribution in [3.63, 3.8) is 0 Å². The Kier molecular flexibility index (Phi) is 4.23. The SMILES string of the molecule is c1cc(CNCCOC2CCCC2)c[nH]1. The summed E-state index contributed by atoms with van der Waals surface area (Å²) in [5.41, 5.74) is 1.30. The van der Waals surface area contributed by atoms with Crippen LogP contribution in [-0.2, 0) is 11.3 Å². The van der Waals surface area contributed by atoms with Crippen LogP contribution in [0.2, 0.25) is 0 Å². The molecule has 0 spiro atoms. The smallest absolute Gasteiger partial charge is 0.0594 e. The highest BCUT2D eigenvalue weighted by molar-refractivity contribution is 5.07. The van der Waals surface area contributed by atoms with E-state index in [1.807, 2.05) is 12.4 Å². The van der Waals surface area contributed by atoms with Crippen LogP contribution in [0.25, 0.3) is 0 Å². The summed E-state index contributed by atoms with van der Waals surface area (Å²) in [6, 6.07) is 2.09. The van der Waals surface area contributed by atoms with E-state index in [1.54, 1.807) is 0 Å². The Balaban J connectivity index is 1.48. The van der Waals surface area contributed by atoms with Crippen LogP contribution in [-0.4, -0.2) is 24.2 Å². The van der Waals surface area contributed by atoms with Gasteiger partial charge in [0.05, 0.1) is 12.7 Å². The molecule has 0 atom stereocenters. The van der Waals surface area contributed by atoms with Crippen molar-refractivity contribution in [1.82, 2.24) is 10.3 Å². The van der Waals surface area contributed by atoms with Gasteiger partial charge in [0.25, 0.3) is 0 Å².